The third-order valence-electron chi connectivity index (χ3n) is 5.51. The molecule has 0 bridgehead atoms. The molecule has 0 spiro atoms. The van der Waals surface area contributed by atoms with E-state index >= 15 is 0 Å². The quantitative estimate of drug-likeness (QED) is 0.0597. The number of ether oxygens (including phenoxy) is 6. The number of aliphatic hydroxyl groups is 1. The topological polar surface area (TPSA) is 92.7 Å². The number of terminal acetylenes is 2. The Balaban J connectivity index is -0.000000404. The second-order valence-electron chi connectivity index (χ2n) is 9.51. The lowest BCUT2D eigenvalue weighted by Crippen LogP contribution is -2.03. The second kappa shape index (κ2) is 43.3. The van der Waals surface area contributed by atoms with Crippen LogP contribution in [0.3, 0.4) is 0 Å². The van der Waals surface area contributed by atoms with Crippen molar-refractivity contribution in [3.05, 3.63) is 119 Å². The summed E-state index contributed by atoms with van der Waals surface area (Å²) in [4.78, 5) is 11.7. The van der Waals surface area contributed by atoms with Crippen LogP contribution in [0.1, 0.15) is 74.1 Å². The van der Waals surface area contributed by atoms with Crippen LogP contribution < -0.4 is 0 Å². The Kier molecular flexibility index (Phi) is 45.0. The molecule has 1 N–H and O–H groups in total. The highest BCUT2D eigenvalue weighted by Gasteiger charge is 2.16. The van der Waals surface area contributed by atoms with Crippen LogP contribution in [-0.2, 0) is 33.2 Å². The fraction of sp³-hybridized carbons (Fsp3) is 0.419. The van der Waals surface area contributed by atoms with Gasteiger partial charge in [0, 0.05) is 51.4 Å². The molecule has 1 aromatic carbocycles. The molecule has 0 aliphatic heterocycles. The number of hydrogen-bond acceptors (Lipinski definition) is 8. The first-order valence-electron chi connectivity index (χ1n) is 16.7. The Morgan fingerprint density at radius 2 is 1.41 bits per heavy atom. The Labute approximate surface area is 310 Å². The maximum Gasteiger partial charge on any atom is 0.188 e. The molecule has 1 aliphatic carbocycles. The lowest BCUT2D eigenvalue weighted by molar-refractivity contribution is -0.105. The van der Waals surface area contributed by atoms with Crippen LogP contribution >= 0.6 is 0 Å². The van der Waals surface area contributed by atoms with Crippen molar-refractivity contribution in [2.45, 2.75) is 74.1 Å². The molecule has 0 unspecified atom stereocenters. The van der Waals surface area contributed by atoms with Crippen molar-refractivity contribution in [3.63, 3.8) is 0 Å². The number of aldehydes is 1. The first-order chi connectivity index (χ1) is 24.7. The number of carbonyl (C=O) groups excluding carboxylic acids is 1. The highest BCUT2D eigenvalue weighted by Crippen LogP contribution is 2.28. The monoisotopic (exact) mass is 708 g/mol. The molecule has 0 atom stereocenters. The fourth-order valence-corrected chi connectivity index (χ4v) is 3.50. The van der Waals surface area contributed by atoms with Crippen LogP contribution in [0.2, 0.25) is 0 Å². The van der Waals surface area contributed by atoms with Crippen LogP contribution in [0.4, 0.5) is 0 Å². The Hall–Kier alpha value is -4.73. The lowest BCUT2D eigenvalue weighted by atomic mass is 10.0. The SMILES string of the molecule is C#CC.C#CC.C/C=C\C(C)=C/CC.CC.COCOC(=C/CCO)/C=C(\CC1=C(C=O)CC(OC)=CC(OC)=C1)OCOC.c1ccccc1. The average molecular weight is 709 g/mol. The van der Waals surface area contributed by atoms with Crippen molar-refractivity contribution in [1.29, 1.82) is 0 Å². The molecule has 8 heteroatoms. The summed E-state index contributed by atoms with van der Waals surface area (Å²) in [6.45, 7) is 13.6. The molecule has 0 heterocycles. The smallest absolute Gasteiger partial charge is 0.188 e. The van der Waals surface area contributed by atoms with Crippen LogP contribution in [0.15, 0.2) is 119 Å². The predicted octanol–water partition coefficient (Wildman–Crippen LogP) is 9.64. The van der Waals surface area contributed by atoms with Crippen LogP contribution in [0.25, 0.3) is 0 Å². The van der Waals surface area contributed by atoms with Gasteiger partial charge in [-0.2, -0.15) is 0 Å². The number of allylic oxidation sites excluding steroid dienone is 9. The van der Waals surface area contributed by atoms with E-state index < -0.39 is 0 Å². The Morgan fingerprint density at radius 3 is 1.82 bits per heavy atom. The van der Waals surface area contributed by atoms with Crippen molar-refractivity contribution in [2.24, 2.45) is 0 Å². The first kappa shape index (κ1) is 53.1. The summed E-state index contributed by atoms with van der Waals surface area (Å²) in [5.74, 6) is 6.66. The van der Waals surface area contributed by atoms with Gasteiger partial charge in [0.05, 0.1) is 14.2 Å². The van der Waals surface area contributed by atoms with Gasteiger partial charge in [-0.15, -0.1) is 24.7 Å². The highest BCUT2D eigenvalue weighted by atomic mass is 16.7. The number of rotatable bonds is 16. The summed E-state index contributed by atoms with van der Waals surface area (Å²) < 4.78 is 31.9. The third kappa shape index (κ3) is 34.9. The highest BCUT2D eigenvalue weighted by molar-refractivity contribution is 5.77. The molecule has 0 radical (unpaired) electrons. The van der Waals surface area contributed by atoms with E-state index in [1.54, 1.807) is 52.4 Å². The maximum atomic E-state index is 11.7. The Bertz CT molecular complexity index is 1230. The zero-order valence-corrected chi connectivity index (χ0v) is 33.0. The van der Waals surface area contributed by atoms with Crippen LogP contribution in [0.5, 0.6) is 0 Å². The van der Waals surface area contributed by atoms with Crippen molar-refractivity contribution in [1.82, 2.24) is 0 Å². The minimum atomic E-state index is -0.0201. The van der Waals surface area contributed by atoms with Crippen LogP contribution in [0, 0.1) is 24.7 Å². The third-order valence-corrected chi connectivity index (χ3v) is 5.51. The molecular weight excluding hydrogens is 644 g/mol. The number of aliphatic hydroxyl groups excluding tert-OH is 1. The van der Waals surface area contributed by atoms with E-state index in [0.717, 1.165) is 18.3 Å². The van der Waals surface area contributed by atoms with E-state index in [1.807, 2.05) is 57.2 Å². The number of benzene rings is 1. The van der Waals surface area contributed by atoms with E-state index in [9.17, 15) is 4.79 Å². The summed E-state index contributed by atoms with van der Waals surface area (Å²) in [5, 5.41) is 9.09. The lowest BCUT2D eigenvalue weighted by Gasteiger charge is -2.14. The van der Waals surface area contributed by atoms with Gasteiger partial charge in [-0.05, 0) is 58.3 Å². The van der Waals surface area contributed by atoms with E-state index in [0.29, 0.717) is 47.9 Å². The fourth-order valence-electron chi connectivity index (χ4n) is 3.50. The van der Waals surface area contributed by atoms with Gasteiger partial charge in [-0.25, -0.2) is 0 Å². The van der Waals surface area contributed by atoms with E-state index in [2.05, 4.69) is 56.8 Å². The van der Waals surface area contributed by atoms with Gasteiger partial charge in [0.25, 0.3) is 0 Å². The van der Waals surface area contributed by atoms with Crippen molar-refractivity contribution in [3.8, 4) is 24.7 Å². The van der Waals surface area contributed by atoms with Gasteiger partial charge in [0.2, 0.25) is 0 Å². The number of carbonyl (C=O) groups is 1. The summed E-state index contributed by atoms with van der Waals surface area (Å²) >= 11 is 0. The van der Waals surface area contributed by atoms with Crippen molar-refractivity contribution >= 4 is 6.29 Å². The van der Waals surface area contributed by atoms with Gasteiger partial charge in [0.15, 0.2) is 13.6 Å². The zero-order chi connectivity index (χ0) is 39.5. The van der Waals surface area contributed by atoms with E-state index in [1.165, 1.54) is 19.8 Å². The summed E-state index contributed by atoms with van der Waals surface area (Å²) in [7, 11) is 6.12. The minimum Gasteiger partial charge on any atom is -0.501 e. The van der Waals surface area contributed by atoms with Gasteiger partial charge in [-0.3, -0.25) is 4.79 Å². The molecule has 0 saturated carbocycles. The molecule has 0 fully saturated rings. The standard InChI is InChI=1S/C21H30O8.C8H14.C6H6.2C3H4.C2H6/c1-24-14-28-18(6-5-7-22)11-21(29-15-25-2)9-16-8-19(26-3)12-20(27-4)10-17(16)13-23;1-4-6-8(3)7-5-2;1-2-4-6-5-3-1;2*1-3-2;1-2/h6,8,11-13,22H,5,7,9-10,14-15H2,1-4H3;4,6-7H,5H2,1-3H3;1-6H;2*1H,2H3;1-2H3/b18-6+,21-11+;6-4-,8-7-;;;;. The molecular formula is C43H64O8. The van der Waals surface area contributed by atoms with Crippen molar-refractivity contribution in [2.75, 3.05) is 48.6 Å². The molecule has 1 aromatic rings. The van der Waals surface area contributed by atoms with Gasteiger partial charge < -0.3 is 33.5 Å². The molecule has 2 rings (SSSR count). The minimum absolute atomic E-state index is 0.0201. The molecule has 0 amide bonds. The summed E-state index contributed by atoms with van der Waals surface area (Å²) in [6.07, 6.45) is 25.5. The molecule has 1 aliphatic rings. The normalized spacial score (nSPS) is 12.2. The first-order valence-corrected chi connectivity index (χ1v) is 16.7. The Morgan fingerprint density at radius 1 is 0.882 bits per heavy atom. The largest absolute Gasteiger partial charge is 0.501 e. The van der Waals surface area contributed by atoms with E-state index in [4.69, 9.17) is 33.5 Å². The predicted molar refractivity (Wildman–Crippen MR) is 212 cm³/mol. The van der Waals surface area contributed by atoms with Crippen LogP contribution in [-0.4, -0.2) is 60.0 Å². The van der Waals surface area contributed by atoms with Gasteiger partial charge in [-0.1, -0.05) is 81.0 Å². The maximum absolute atomic E-state index is 11.7. The van der Waals surface area contributed by atoms with Crippen molar-refractivity contribution < 1.29 is 38.3 Å². The van der Waals surface area contributed by atoms with Gasteiger partial charge >= 0.3 is 0 Å². The molecule has 8 nitrogen and oxygen atoms in total. The molecule has 51 heavy (non-hydrogen) atoms. The summed E-state index contributed by atoms with van der Waals surface area (Å²) in [6, 6.07) is 12.0. The summed E-state index contributed by atoms with van der Waals surface area (Å²) in [5.41, 5.74) is 2.63. The number of methoxy groups -OCH3 is 4. The van der Waals surface area contributed by atoms with E-state index in [-0.39, 0.29) is 20.2 Å². The second-order valence-corrected chi connectivity index (χ2v) is 9.51. The molecule has 0 saturated heterocycles. The number of hydrogen-bond donors (Lipinski definition) is 1. The average Bonchev–Trinajstić information content (AvgIpc) is 3.33. The van der Waals surface area contributed by atoms with Gasteiger partial charge in [0.1, 0.15) is 29.3 Å². The molecule has 284 valence electrons. The zero-order valence-electron chi connectivity index (χ0n) is 33.0. The molecule has 0 aromatic heterocycles.